The number of ether oxygens (including phenoxy) is 2. The van der Waals surface area contributed by atoms with Gasteiger partial charge in [0.1, 0.15) is 18.9 Å². The largest absolute Gasteiger partial charge is 0.502 e. The molecule has 1 aliphatic heterocycles. The Morgan fingerprint density at radius 2 is 1.81 bits per heavy atom. The summed E-state index contributed by atoms with van der Waals surface area (Å²) < 4.78 is 19.1. The van der Waals surface area contributed by atoms with Crippen molar-refractivity contribution in [3.8, 4) is 28.4 Å². The van der Waals surface area contributed by atoms with Gasteiger partial charge in [-0.15, -0.1) is 0 Å². The summed E-state index contributed by atoms with van der Waals surface area (Å²) in [4.78, 5) is 28.4. The number of aromatic nitrogens is 3. The predicted octanol–water partition coefficient (Wildman–Crippen LogP) is 3.64. The maximum atomic E-state index is 13.1. The Hall–Kier alpha value is -4.14. The minimum absolute atomic E-state index is 0.0261. The number of fused-ring (bicyclic) bond motifs is 5. The molecular formula is C23H19N3O6. The van der Waals surface area contributed by atoms with Gasteiger partial charge in [-0.1, -0.05) is 6.07 Å². The van der Waals surface area contributed by atoms with Crippen LogP contribution < -0.4 is 20.5 Å². The average Bonchev–Trinajstić information content (AvgIpc) is 3.33. The lowest BCUT2D eigenvalue weighted by Crippen LogP contribution is -2.15. The number of hydrogen-bond acceptors (Lipinski definition) is 6. The lowest BCUT2D eigenvalue weighted by Gasteiger charge is -2.19. The Bertz CT molecular complexity index is 1670. The van der Waals surface area contributed by atoms with Crippen LogP contribution in [0.4, 0.5) is 0 Å². The molecule has 0 fully saturated rings. The lowest BCUT2D eigenvalue weighted by atomic mass is 10.0. The van der Waals surface area contributed by atoms with Gasteiger partial charge in [0.05, 0.1) is 10.9 Å². The van der Waals surface area contributed by atoms with Gasteiger partial charge in [-0.05, 0) is 43.7 Å². The molecule has 1 aliphatic rings. The van der Waals surface area contributed by atoms with E-state index >= 15 is 0 Å². The highest BCUT2D eigenvalue weighted by Gasteiger charge is 2.25. The zero-order valence-electron chi connectivity index (χ0n) is 17.3. The molecule has 0 radical (unpaired) electrons. The topological polar surface area (TPSA) is 122 Å². The van der Waals surface area contributed by atoms with E-state index in [-0.39, 0.29) is 17.2 Å². The first-order valence-electron chi connectivity index (χ1n) is 10.3. The molecule has 0 bridgehead atoms. The number of benzene rings is 2. The second kappa shape index (κ2) is 6.43. The van der Waals surface area contributed by atoms with Crippen molar-refractivity contribution >= 4 is 33.1 Å². The van der Waals surface area contributed by atoms with Gasteiger partial charge >= 0.3 is 0 Å². The average molecular weight is 433 g/mol. The third-order valence-corrected chi connectivity index (χ3v) is 5.79. The summed E-state index contributed by atoms with van der Waals surface area (Å²) in [5.41, 5.74) is 1.98. The number of phenols is 1. The van der Waals surface area contributed by atoms with Gasteiger partial charge in [0.25, 0.3) is 5.56 Å². The molecule has 4 heterocycles. The molecule has 3 N–H and O–H groups in total. The second-order valence-electron chi connectivity index (χ2n) is 8.08. The molecule has 9 nitrogen and oxygen atoms in total. The first kappa shape index (κ1) is 18.6. The number of H-pyrrole nitrogens is 2. The highest BCUT2D eigenvalue weighted by molar-refractivity contribution is 6.15. The van der Waals surface area contributed by atoms with Crippen molar-refractivity contribution in [1.82, 2.24) is 14.8 Å². The van der Waals surface area contributed by atoms with Crippen molar-refractivity contribution in [2.24, 2.45) is 0 Å². The maximum absolute atomic E-state index is 13.1. The molecule has 5 aromatic rings. The van der Waals surface area contributed by atoms with Crippen LogP contribution >= 0.6 is 0 Å². The third-order valence-electron chi connectivity index (χ3n) is 5.79. The molecule has 9 heteroatoms. The van der Waals surface area contributed by atoms with Crippen LogP contribution in [0.15, 0.2) is 44.3 Å². The molecule has 0 atom stereocenters. The molecule has 3 aromatic heterocycles. The number of aromatic amines is 2. The number of rotatable bonds is 2. The van der Waals surface area contributed by atoms with Gasteiger partial charge in [-0.2, -0.15) is 0 Å². The van der Waals surface area contributed by atoms with Crippen LogP contribution in [-0.2, 0) is 0 Å². The van der Waals surface area contributed by atoms with E-state index in [9.17, 15) is 14.7 Å². The molecular weight excluding hydrogens is 414 g/mol. The molecule has 2 aromatic carbocycles. The van der Waals surface area contributed by atoms with E-state index in [1.165, 1.54) is 6.07 Å². The van der Waals surface area contributed by atoms with E-state index in [2.05, 4.69) is 10.1 Å². The number of hydrogen-bond donors (Lipinski definition) is 3. The summed E-state index contributed by atoms with van der Waals surface area (Å²) >= 11 is 0. The number of furan rings is 1. The SMILES string of the molecule is CC(C)n1[nH]c(=O)c2c(-c3ccc4c(c3)OCCO4)c3oc4c(O)c(=O)ccc4c3[nH]c21. The van der Waals surface area contributed by atoms with Crippen molar-refractivity contribution in [3.63, 3.8) is 0 Å². The zero-order valence-corrected chi connectivity index (χ0v) is 17.3. The van der Waals surface area contributed by atoms with E-state index in [4.69, 9.17) is 13.9 Å². The Morgan fingerprint density at radius 1 is 1.03 bits per heavy atom. The standard InChI is InChI=1S/C23H19N3O6/c1-10(2)26-22-17(23(29)25-26)16(11-3-6-14-15(9-11)31-8-7-30-14)21-18(24-22)12-4-5-13(27)19(28)20(12)32-21/h3-6,9-10,24,28H,7-8H2,1-2H3,(H,25,29). The molecule has 0 aliphatic carbocycles. The molecule has 0 amide bonds. The Kier molecular flexibility index (Phi) is 3.74. The third kappa shape index (κ3) is 2.44. The van der Waals surface area contributed by atoms with Gasteiger partial charge in [0, 0.05) is 17.0 Å². The Labute approximate surface area is 179 Å². The summed E-state index contributed by atoms with van der Waals surface area (Å²) in [7, 11) is 0. The van der Waals surface area contributed by atoms with E-state index in [0.717, 1.165) is 0 Å². The van der Waals surface area contributed by atoms with Crippen LogP contribution in [0.25, 0.3) is 44.2 Å². The number of pyridine rings is 1. The molecule has 0 saturated heterocycles. The van der Waals surface area contributed by atoms with Crippen LogP contribution in [0, 0.1) is 0 Å². The van der Waals surface area contributed by atoms with Crippen LogP contribution in [0.1, 0.15) is 19.9 Å². The van der Waals surface area contributed by atoms with Crippen LogP contribution in [0.2, 0.25) is 0 Å². The minimum atomic E-state index is -0.536. The normalized spacial score (nSPS) is 13.6. The van der Waals surface area contributed by atoms with Crippen LogP contribution in [0.3, 0.4) is 0 Å². The van der Waals surface area contributed by atoms with Crippen LogP contribution in [-0.4, -0.2) is 33.1 Å². The van der Waals surface area contributed by atoms with E-state index < -0.39 is 11.2 Å². The van der Waals surface area contributed by atoms with Crippen molar-refractivity contribution in [1.29, 1.82) is 0 Å². The monoisotopic (exact) mass is 433 g/mol. The van der Waals surface area contributed by atoms with Crippen molar-refractivity contribution in [2.75, 3.05) is 13.2 Å². The molecule has 6 rings (SSSR count). The van der Waals surface area contributed by atoms with E-state index in [1.54, 1.807) is 22.9 Å². The number of phenolic OH excluding ortho intramolecular Hbond substituents is 1. The van der Waals surface area contributed by atoms with Gasteiger partial charge < -0.3 is 24.0 Å². The summed E-state index contributed by atoms with van der Waals surface area (Å²) in [6.45, 7) is 4.82. The fraction of sp³-hybridized carbons (Fsp3) is 0.217. The van der Waals surface area contributed by atoms with Crippen molar-refractivity contribution in [3.05, 3.63) is 50.9 Å². The quantitative estimate of drug-likeness (QED) is 0.391. The van der Waals surface area contributed by atoms with E-state index in [0.29, 0.717) is 63.4 Å². The van der Waals surface area contributed by atoms with Gasteiger partial charge in [0.15, 0.2) is 22.7 Å². The smallest absolute Gasteiger partial charge is 0.274 e. The van der Waals surface area contributed by atoms with Gasteiger partial charge in [-0.25, -0.2) is 0 Å². The number of nitrogens with zero attached hydrogens (tertiary/aromatic N) is 1. The van der Waals surface area contributed by atoms with Gasteiger partial charge in [-0.3, -0.25) is 19.4 Å². The molecule has 162 valence electrons. The van der Waals surface area contributed by atoms with Crippen molar-refractivity contribution in [2.45, 2.75) is 19.9 Å². The first-order valence-corrected chi connectivity index (χ1v) is 10.3. The second-order valence-corrected chi connectivity index (χ2v) is 8.08. The summed E-state index contributed by atoms with van der Waals surface area (Å²) in [5, 5.41) is 14.2. The summed E-state index contributed by atoms with van der Waals surface area (Å²) in [6, 6.07) is 8.30. The Morgan fingerprint density at radius 3 is 2.59 bits per heavy atom. The zero-order chi connectivity index (χ0) is 22.1. The number of nitrogens with one attached hydrogen (secondary N) is 2. The van der Waals surface area contributed by atoms with Crippen molar-refractivity contribution < 1.29 is 19.0 Å². The lowest BCUT2D eigenvalue weighted by molar-refractivity contribution is 0.171. The molecule has 0 unspecified atom stereocenters. The van der Waals surface area contributed by atoms with Gasteiger partial charge in [0.2, 0.25) is 11.2 Å². The molecule has 0 spiro atoms. The predicted molar refractivity (Wildman–Crippen MR) is 119 cm³/mol. The fourth-order valence-corrected chi connectivity index (χ4v) is 4.33. The summed E-state index contributed by atoms with van der Waals surface area (Å²) in [5.74, 6) is 0.732. The number of aromatic hydroxyl groups is 1. The molecule has 0 saturated carbocycles. The first-order chi connectivity index (χ1) is 15.4. The fourth-order valence-electron chi connectivity index (χ4n) is 4.33. The Balaban J connectivity index is 1.81. The van der Waals surface area contributed by atoms with Crippen LogP contribution in [0.5, 0.6) is 17.2 Å². The summed E-state index contributed by atoms with van der Waals surface area (Å²) in [6.07, 6.45) is 0. The maximum Gasteiger partial charge on any atom is 0.274 e. The highest BCUT2D eigenvalue weighted by Crippen LogP contribution is 2.42. The van der Waals surface area contributed by atoms with E-state index in [1.807, 2.05) is 19.9 Å². The molecule has 32 heavy (non-hydrogen) atoms. The minimum Gasteiger partial charge on any atom is -0.502 e. The highest BCUT2D eigenvalue weighted by atomic mass is 16.6.